The van der Waals surface area contributed by atoms with E-state index < -0.39 is 43.1 Å². The largest absolute Gasteiger partial charge is 0.506 e. The number of aliphatic hydroxyl groups excluding tert-OH is 3. The molecule has 0 unspecified atom stereocenters. The molecule has 0 aliphatic carbocycles. The Morgan fingerprint density at radius 2 is 1.93 bits per heavy atom. The lowest BCUT2D eigenvalue weighted by Gasteiger charge is -2.40. The first-order chi connectivity index (χ1) is 20.2. The Labute approximate surface area is 240 Å². The minimum atomic E-state index is -1.57. The summed E-state index contributed by atoms with van der Waals surface area (Å²) >= 11 is 0. The highest BCUT2D eigenvalue weighted by Crippen LogP contribution is 2.42. The summed E-state index contributed by atoms with van der Waals surface area (Å²) in [7, 11) is 1.45. The molecule has 0 saturated carbocycles. The third-order valence-corrected chi connectivity index (χ3v) is 7.95. The molecule has 3 heterocycles. The molecule has 3 aromatic carbocycles. The van der Waals surface area contributed by atoms with Crippen LogP contribution < -0.4 is 9.47 Å². The van der Waals surface area contributed by atoms with Crippen LogP contribution in [0.15, 0.2) is 36.4 Å². The van der Waals surface area contributed by atoms with Gasteiger partial charge in [0.1, 0.15) is 35.6 Å². The number of aryl methyl sites for hydroxylation is 1. The van der Waals surface area contributed by atoms with E-state index in [4.69, 9.17) is 18.9 Å². The molecule has 3 aliphatic heterocycles. The lowest BCUT2D eigenvalue weighted by molar-refractivity contribution is -0.276. The van der Waals surface area contributed by atoms with Gasteiger partial charge in [0.25, 0.3) is 5.91 Å². The zero-order valence-corrected chi connectivity index (χ0v) is 22.9. The molecule has 0 radical (unpaired) electrons. The van der Waals surface area contributed by atoms with Gasteiger partial charge in [-0.25, -0.2) is 0 Å². The normalized spacial score (nSPS) is 25.3. The number of aromatic hydroxyl groups is 1. The number of aliphatic hydroxyl groups is 3. The number of carbonyl (C=O) groups excluding carboxylic acids is 2. The minimum absolute atomic E-state index is 0.00766. The van der Waals surface area contributed by atoms with Crippen molar-refractivity contribution in [1.29, 1.82) is 0 Å². The third kappa shape index (κ3) is 4.59. The Morgan fingerprint density at radius 1 is 1.12 bits per heavy atom. The first kappa shape index (κ1) is 27.8. The van der Waals surface area contributed by atoms with Gasteiger partial charge in [0, 0.05) is 24.6 Å². The molecule has 6 bridgehead atoms. The second-order valence-electron chi connectivity index (χ2n) is 10.5. The molecular formula is C31H29NO10. The van der Waals surface area contributed by atoms with Gasteiger partial charge in [-0.15, -0.1) is 0 Å². The molecule has 42 heavy (non-hydrogen) atoms. The Hall–Kier alpha value is -4.34. The summed E-state index contributed by atoms with van der Waals surface area (Å²) in [6.07, 6.45) is -4.27. The molecule has 218 valence electrons. The van der Waals surface area contributed by atoms with Gasteiger partial charge in [0.05, 0.1) is 31.2 Å². The van der Waals surface area contributed by atoms with Gasteiger partial charge < -0.3 is 44.3 Å². The molecule has 1 amide bonds. The van der Waals surface area contributed by atoms with Gasteiger partial charge in [-0.05, 0) is 41.1 Å². The maximum atomic E-state index is 13.7. The van der Waals surface area contributed by atoms with E-state index in [0.29, 0.717) is 22.3 Å². The number of amides is 1. The monoisotopic (exact) mass is 575 g/mol. The summed E-state index contributed by atoms with van der Waals surface area (Å²) in [6, 6.07) is 10.0. The van der Waals surface area contributed by atoms with Crippen LogP contribution >= 0.6 is 0 Å². The number of nitrogens with zero attached hydrogens (tertiary/aromatic N) is 1. The molecular weight excluding hydrogens is 546 g/mol. The van der Waals surface area contributed by atoms with Crippen molar-refractivity contribution in [1.82, 2.24) is 4.90 Å². The number of carbonyl (C=O) groups is 2. The Kier molecular flexibility index (Phi) is 7.16. The maximum Gasteiger partial charge on any atom is 0.254 e. The number of rotatable bonds is 2. The summed E-state index contributed by atoms with van der Waals surface area (Å²) in [5, 5.41) is 43.9. The van der Waals surface area contributed by atoms with Crippen LogP contribution in [0.3, 0.4) is 0 Å². The predicted molar refractivity (Wildman–Crippen MR) is 147 cm³/mol. The fourth-order valence-electron chi connectivity index (χ4n) is 5.81. The summed E-state index contributed by atoms with van der Waals surface area (Å²) in [5.74, 6) is 2.08. The van der Waals surface area contributed by atoms with E-state index in [9.17, 15) is 30.0 Å². The average Bonchev–Trinajstić information content (AvgIpc) is 3.28. The van der Waals surface area contributed by atoms with Gasteiger partial charge in [-0.1, -0.05) is 24.1 Å². The van der Waals surface area contributed by atoms with Crippen LogP contribution in [0.25, 0.3) is 10.8 Å². The summed E-state index contributed by atoms with van der Waals surface area (Å²) in [6.45, 7) is 0.994. The number of methoxy groups -OCH3 is 1. The topological polar surface area (TPSA) is 155 Å². The van der Waals surface area contributed by atoms with Gasteiger partial charge in [0.15, 0.2) is 18.0 Å². The zero-order valence-electron chi connectivity index (χ0n) is 22.9. The second kappa shape index (κ2) is 10.8. The minimum Gasteiger partial charge on any atom is -0.506 e. The highest BCUT2D eigenvalue weighted by atomic mass is 16.7. The zero-order chi connectivity index (χ0) is 29.7. The fraction of sp³-hybridized carbons (Fsp3) is 0.355. The third-order valence-electron chi connectivity index (χ3n) is 7.95. The standard InChI is InChI=1S/C31H29NO10/c1-15-9-17-10-18(39-2)11-22-25(17)27(36)24(15)21(34)13-32-12-20-16(5-3-7-19(20)30(32)38)6-4-8-40-29-26(35)23(14-33)42-31(41-22)28(29)37/h3,5,7,9-11,23,26,28-29,31,33,35-37H,6,12-14H2,1-2H3/t23-,26-,28-,29+,31+/m1/s1. The van der Waals surface area contributed by atoms with E-state index in [-0.39, 0.29) is 47.9 Å². The Balaban J connectivity index is 1.52. The van der Waals surface area contributed by atoms with Crippen LogP contribution in [0.2, 0.25) is 0 Å². The van der Waals surface area contributed by atoms with Crippen LogP contribution in [0.1, 0.15) is 37.4 Å². The van der Waals surface area contributed by atoms with Gasteiger partial charge in [0.2, 0.25) is 6.29 Å². The van der Waals surface area contributed by atoms with Crippen LogP contribution in [0.5, 0.6) is 17.2 Å². The van der Waals surface area contributed by atoms with Crippen molar-refractivity contribution in [3.63, 3.8) is 0 Å². The van der Waals surface area contributed by atoms with Crippen molar-refractivity contribution < 1.29 is 49.0 Å². The van der Waals surface area contributed by atoms with Gasteiger partial charge in [-0.2, -0.15) is 0 Å². The van der Waals surface area contributed by atoms with Gasteiger partial charge >= 0.3 is 0 Å². The Bertz CT molecular complexity index is 1660. The van der Waals surface area contributed by atoms with E-state index in [2.05, 4.69) is 12.0 Å². The molecule has 3 aromatic rings. The average molecular weight is 576 g/mol. The summed E-state index contributed by atoms with van der Waals surface area (Å²) in [5.41, 5.74) is 2.46. The molecule has 11 nitrogen and oxygen atoms in total. The maximum absolute atomic E-state index is 13.7. The molecule has 11 heteroatoms. The molecule has 1 fully saturated rings. The summed E-state index contributed by atoms with van der Waals surface area (Å²) < 4.78 is 22.7. The SMILES string of the molecule is COc1cc2c3c(O)c(c(C)cc3c1)C(=O)CN1Cc3c(cccc3C1=O)CC#CO[C@@H]1[C@@H](O)[C@@H](O2)O[C@H](CO)[C@H]1O. The number of phenolic OH excluding ortho intramolecular Hbond substituents is 1. The van der Waals surface area contributed by atoms with Gasteiger partial charge in [-0.3, -0.25) is 9.59 Å². The summed E-state index contributed by atoms with van der Waals surface area (Å²) in [4.78, 5) is 28.3. The fourth-order valence-corrected chi connectivity index (χ4v) is 5.81. The molecule has 0 spiro atoms. The lowest BCUT2D eigenvalue weighted by Crippen LogP contribution is -2.60. The van der Waals surface area contributed by atoms with E-state index in [1.807, 2.05) is 6.07 Å². The quantitative estimate of drug-likeness (QED) is 0.330. The van der Waals surface area contributed by atoms with E-state index in [1.54, 1.807) is 31.2 Å². The van der Waals surface area contributed by atoms with E-state index in [0.717, 1.165) is 11.1 Å². The molecule has 6 rings (SSSR count). The van der Waals surface area contributed by atoms with E-state index >= 15 is 0 Å². The Morgan fingerprint density at radius 3 is 2.69 bits per heavy atom. The van der Waals surface area contributed by atoms with Crippen molar-refractivity contribution >= 4 is 22.5 Å². The number of Topliss-reactive ketones (excluding diaryl/α,β-unsaturated/α-hetero) is 1. The van der Waals surface area contributed by atoms with Crippen molar-refractivity contribution in [3.05, 3.63) is 64.2 Å². The number of benzene rings is 3. The smallest absolute Gasteiger partial charge is 0.254 e. The van der Waals surface area contributed by atoms with Crippen LogP contribution in [-0.4, -0.2) is 88.0 Å². The van der Waals surface area contributed by atoms with Crippen molar-refractivity contribution in [3.8, 4) is 29.3 Å². The number of hydrogen-bond acceptors (Lipinski definition) is 10. The number of ether oxygens (including phenoxy) is 4. The number of fused-ring (bicyclic) bond motifs is 4. The van der Waals surface area contributed by atoms with Crippen molar-refractivity contribution in [2.24, 2.45) is 0 Å². The highest BCUT2D eigenvalue weighted by molar-refractivity contribution is 6.10. The van der Waals surface area contributed by atoms with Crippen molar-refractivity contribution in [2.75, 3.05) is 20.3 Å². The highest BCUT2D eigenvalue weighted by Gasteiger charge is 2.47. The van der Waals surface area contributed by atoms with Crippen LogP contribution in [-0.2, 0) is 22.4 Å². The van der Waals surface area contributed by atoms with Crippen LogP contribution in [0, 0.1) is 19.0 Å². The predicted octanol–water partition coefficient (Wildman–Crippen LogP) is 1.42. The first-order valence-corrected chi connectivity index (χ1v) is 13.4. The number of hydrogen-bond donors (Lipinski definition) is 4. The molecule has 1 saturated heterocycles. The van der Waals surface area contributed by atoms with Crippen molar-refractivity contribution in [2.45, 2.75) is 50.6 Å². The molecule has 5 atom stereocenters. The molecule has 3 aliphatic rings. The molecule has 4 N–H and O–H groups in total. The number of ketones is 1. The van der Waals surface area contributed by atoms with Crippen LogP contribution in [0.4, 0.5) is 0 Å². The lowest BCUT2D eigenvalue weighted by atomic mass is 9.96. The second-order valence-corrected chi connectivity index (χ2v) is 10.5. The molecule has 0 aromatic heterocycles. The number of phenols is 1. The first-order valence-electron chi connectivity index (χ1n) is 13.4. The van der Waals surface area contributed by atoms with E-state index in [1.165, 1.54) is 18.1 Å².